The van der Waals surface area contributed by atoms with Crippen molar-refractivity contribution in [2.24, 2.45) is 5.92 Å². The van der Waals surface area contributed by atoms with E-state index in [2.05, 4.69) is 4.98 Å². The van der Waals surface area contributed by atoms with Crippen LogP contribution in [0.25, 0.3) is 11.7 Å². The van der Waals surface area contributed by atoms with Crippen LogP contribution in [-0.2, 0) is 9.53 Å². The van der Waals surface area contributed by atoms with Crippen LogP contribution in [0.3, 0.4) is 0 Å². The zero-order chi connectivity index (χ0) is 19.8. The molecule has 2 atom stereocenters. The molecule has 2 heterocycles. The van der Waals surface area contributed by atoms with Crippen LogP contribution in [0.4, 0.5) is 5.69 Å². The molecule has 4 rings (SSSR count). The maximum Gasteiger partial charge on any atom is 0.314 e. The minimum absolute atomic E-state index is 0.280. The van der Waals surface area contributed by atoms with Crippen molar-refractivity contribution < 1.29 is 9.53 Å². The molecule has 2 aromatic heterocycles. The summed E-state index contributed by atoms with van der Waals surface area (Å²) in [6, 6.07) is 13.1. The summed E-state index contributed by atoms with van der Waals surface area (Å²) in [6.07, 6.45) is 3.69. The van der Waals surface area contributed by atoms with Gasteiger partial charge in [0.05, 0.1) is 29.5 Å². The fourth-order valence-corrected chi connectivity index (χ4v) is 3.97. The van der Waals surface area contributed by atoms with E-state index in [0.29, 0.717) is 22.6 Å². The van der Waals surface area contributed by atoms with Crippen molar-refractivity contribution >= 4 is 23.4 Å². The van der Waals surface area contributed by atoms with E-state index in [9.17, 15) is 9.59 Å². The Kier molecular flexibility index (Phi) is 4.47. The number of rotatable bonds is 3. The number of ether oxygens (including phenoxy) is 1. The minimum atomic E-state index is -0.580. The molecule has 0 fully saturated rings. The van der Waals surface area contributed by atoms with Gasteiger partial charge < -0.3 is 10.5 Å². The quantitative estimate of drug-likeness (QED) is 0.711. The highest BCUT2D eigenvalue weighted by Crippen LogP contribution is 2.41. The topological polar surface area (TPSA) is 86.7 Å². The molecule has 2 N–H and O–H groups in total. The van der Waals surface area contributed by atoms with Gasteiger partial charge in [-0.05, 0) is 37.6 Å². The molecule has 6 nitrogen and oxygen atoms in total. The lowest BCUT2D eigenvalue weighted by Crippen LogP contribution is -2.34. The van der Waals surface area contributed by atoms with Crippen LogP contribution >= 0.6 is 0 Å². The average molecular weight is 375 g/mol. The summed E-state index contributed by atoms with van der Waals surface area (Å²) in [5, 5.41) is 0. The Balaban J connectivity index is 2.06. The molecular formula is C22H21N3O3. The third-order valence-corrected chi connectivity index (χ3v) is 5.17. The van der Waals surface area contributed by atoms with E-state index in [0.717, 1.165) is 11.1 Å². The average Bonchev–Trinajstić information content (AvgIpc) is 2.69. The van der Waals surface area contributed by atoms with Gasteiger partial charge in [-0.15, -0.1) is 0 Å². The smallest absolute Gasteiger partial charge is 0.314 e. The molecule has 3 aromatic rings. The molecule has 0 saturated heterocycles. The Labute approximate surface area is 162 Å². The molecule has 0 saturated carbocycles. The number of carbonyl (C=O) groups excluding carboxylic acids is 1. The number of esters is 1. The SMILES string of the molecule is CCOC(=O)C1C(C)=Cc2c(c(=O)nc3c(N)cccn23)C1c1ccccc1. The number of carbonyl (C=O) groups is 1. The van der Waals surface area contributed by atoms with Crippen molar-refractivity contribution in [2.45, 2.75) is 19.8 Å². The molecule has 2 unspecified atom stereocenters. The highest BCUT2D eigenvalue weighted by atomic mass is 16.5. The fraction of sp³-hybridized carbons (Fsp3) is 0.227. The van der Waals surface area contributed by atoms with Gasteiger partial charge in [0.2, 0.25) is 0 Å². The van der Waals surface area contributed by atoms with Gasteiger partial charge in [-0.1, -0.05) is 35.9 Å². The maximum absolute atomic E-state index is 13.1. The van der Waals surface area contributed by atoms with E-state index in [1.54, 1.807) is 13.0 Å². The van der Waals surface area contributed by atoms with Crippen LogP contribution in [0.5, 0.6) is 0 Å². The number of hydrogen-bond acceptors (Lipinski definition) is 5. The number of benzene rings is 1. The standard InChI is InChI=1S/C22H21N3O3/c1-3-28-22(27)17-13(2)12-16-19(18(17)14-8-5-4-6-9-14)21(26)24-20-15(23)10-7-11-25(16)20/h4-12,17-18H,3,23H2,1-2H3. The molecule has 1 aliphatic carbocycles. The third-order valence-electron chi connectivity index (χ3n) is 5.17. The first kappa shape index (κ1) is 18.0. The van der Waals surface area contributed by atoms with E-state index < -0.39 is 11.8 Å². The second kappa shape index (κ2) is 6.96. The van der Waals surface area contributed by atoms with Crippen LogP contribution in [0.1, 0.15) is 36.6 Å². The summed E-state index contributed by atoms with van der Waals surface area (Å²) in [7, 11) is 0. The summed E-state index contributed by atoms with van der Waals surface area (Å²) in [6.45, 7) is 3.95. The zero-order valence-corrected chi connectivity index (χ0v) is 15.8. The largest absolute Gasteiger partial charge is 0.466 e. The molecule has 0 radical (unpaired) electrons. The Morgan fingerprint density at radius 1 is 1.21 bits per heavy atom. The normalized spacial score (nSPS) is 18.4. The number of nitrogens with zero attached hydrogens (tertiary/aromatic N) is 2. The van der Waals surface area contributed by atoms with E-state index in [1.807, 2.05) is 60.0 Å². The Hall–Kier alpha value is -3.41. The van der Waals surface area contributed by atoms with Crippen LogP contribution in [-0.4, -0.2) is 22.0 Å². The Morgan fingerprint density at radius 2 is 1.96 bits per heavy atom. The first-order chi connectivity index (χ1) is 13.5. The summed E-state index contributed by atoms with van der Waals surface area (Å²) < 4.78 is 7.15. The van der Waals surface area contributed by atoms with Gasteiger partial charge in [0.1, 0.15) is 0 Å². The van der Waals surface area contributed by atoms with Gasteiger partial charge in [-0.3, -0.25) is 14.0 Å². The fourth-order valence-electron chi connectivity index (χ4n) is 3.97. The third kappa shape index (κ3) is 2.78. The molecule has 142 valence electrons. The van der Waals surface area contributed by atoms with E-state index in [-0.39, 0.29) is 18.1 Å². The van der Waals surface area contributed by atoms with Crippen molar-refractivity contribution in [2.75, 3.05) is 12.3 Å². The first-order valence-corrected chi connectivity index (χ1v) is 9.23. The van der Waals surface area contributed by atoms with Crippen LogP contribution in [0.15, 0.2) is 59.0 Å². The van der Waals surface area contributed by atoms with E-state index in [4.69, 9.17) is 10.5 Å². The molecule has 0 bridgehead atoms. The Bertz CT molecular complexity index is 1150. The van der Waals surface area contributed by atoms with Gasteiger partial charge in [-0.2, -0.15) is 4.98 Å². The summed E-state index contributed by atoms with van der Waals surface area (Å²) in [5.41, 5.74) is 9.40. The molecular weight excluding hydrogens is 354 g/mol. The number of fused-ring (bicyclic) bond motifs is 3. The van der Waals surface area contributed by atoms with E-state index in [1.165, 1.54) is 0 Å². The summed E-state index contributed by atoms with van der Waals surface area (Å²) in [4.78, 5) is 30.1. The van der Waals surface area contributed by atoms with Gasteiger partial charge in [0.15, 0.2) is 5.65 Å². The van der Waals surface area contributed by atoms with Crippen molar-refractivity contribution in [1.82, 2.24) is 9.38 Å². The molecule has 0 aliphatic heterocycles. The van der Waals surface area contributed by atoms with Gasteiger partial charge in [0.25, 0.3) is 5.56 Å². The van der Waals surface area contributed by atoms with Crippen LogP contribution in [0, 0.1) is 5.92 Å². The first-order valence-electron chi connectivity index (χ1n) is 9.23. The molecule has 6 heteroatoms. The van der Waals surface area contributed by atoms with E-state index >= 15 is 0 Å². The molecule has 1 aliphatic rings. The molecule has 0 amide bonds. The number of nitrogen functional groups attached to an aromatic ring is 1. The Morgan fingerprint density at radius 3 is 2.68 bits per heavy atom. The summed E-state index contributed by atoms with van der Waals surface area (Å²) in [5.74, 6) is -1.39. The predicted octanol–water partition coefficient (Wildman–Crippen LogP) is 3.00. The maximum atomic E-state index is 13.1. The number of pyridine rings is 1. The van der Waals surface area contributed by atoms with Gasteiger partial charge >= 0.3 is 5.97 Å². The summed E-state index contributed by atoms with van der Waals surface area (Å²) >= 11 is 0. The number of anilines is 1. The molecule has 0 spiro atoms. The minimum Gasteiger partial charge on any atom is -0.466 e. The molecule has 1 aromatic carbocycles. The second-order valence-corrected chi connectivity index (χ2v) is 6.88. The van der Waals surface area contributed by atoms with Crippen molar-refractivity contribution in [3.05, 3.63) is 81.4 Å². The van der Waals surface area contributed by atoms with Gasteiger partial charge in [-0.25, -0.2) is 0 Å². The highest BCUT2D eigenvalue weighted by Gasteiger charge is 2.40. The monoisotopic (exact) mass is 375 g/mol. The zero-order valence-electron chi connectivity index (χ0n) is 15.8. The highest BCUT2D eigenvalue weighted by molar-refractivity contribution is 5.83. The van der Waals surface area contributed by atoms with Crippen molar-refractivity contribution in [1.29, 1.82) is 0 Å². The van der Waals surface area contributed by atoms with Crippen LogP contribution < -0.4 is 11.3 Å². The number of nitrogens with two attached hydrogens (primary N) is 1. The lowest BCUT2D eigenvalue weighted by Gasteiger charge is -2.32. The van der Waals surface area contributed by atoms with Crippen molar-refractivity contribution in [3.63, 3.8) is 0 Å². The lowest BCUT2D eigenvalue weighted by molar-refractivity contribution is -0.147. The van der Waals surface area contributed by atoms with Gasteiger partial charge in [0, 0.05) is 12.1 Å². The number of aromatic nitrogens is 2. The van der Waals surface area contributed by atoms with Crippen molar-refractivity contribution in [3.8, 4) is 0 Å². The second-order valence-electron chi connectivity index (χ2n) is 6.88. The lowest BCUT2D eigenvalue weighted by atomic mass is 9.73. The predicted molar refractivity (Wildman–Crippen MR) is 108 cm³/mol. The van der Waals surface area contributed by atoms with Crippen LogP contribution in [0.2, 0.25) is 0 Å². The molecule has 28 heavy (non-hydrogen) atoms. The number of hydrogen-bond donors (Lipinski definition) is 1.